The lowest BCUT2D eigenvalue weighted by Crippen LogP contribution is -2.33. The molecule has 0 aliphatic heterocycles. The van der Waals surface area contributed by atoms with E-state index in [1.54, 1.807) is 19.1 Å². The summed E-state index contributed by atoms with van der Waals surface area (Å²) in [4.78, 5) is 21.7. The molecule has 0 atom stereocenters. The predicted molar refractivity (Wildman–Crippen MR) is 68.2 cm³/mol. The van der Waals surface area contributed by atoms with Crippen LogP contribution in [0.5, 0.6) is 0 Å². The molecule has 1 aromatic carbocycles. The van der Waals surface area contributed by atoms with Crippen LogP contribution >= 0.6 is 0 Å². The van der Waals surface area contributed by atoms with E-state index in [0.717, 1.165) is 12.1 Å². The highest BCUT2D eigenvalue weighted by Crippen LogP contribution is 2.20. The Hall–Kier alpha value is -1.95. The van der Waals surface area contributed by atoms with Crippen LogP contribution in [0.4, 0.5) is 5.69 Å². The van der Waals surface area contributed by atoms with Crippen LogP contribution in [0.3, 0.4) is 0 Å². The van der Waals surface area contributed by atoms with Crippen molar-refractivity contribution in [2.75, 3.05) is 13.1 Å². The first kappa shape index (κ1) is 14.1. The van der Waals surface area contributed by atoms with Gasteiger partial charge in [-0.2, -0.15) is 0 Å². The monoisotopic (exact) mass is 251 g/mol. The van der Waals surface area contributed by atoms with Gasteiger partial charge in [0.1, 0.15) is 0 Å². The first-order chi connectivity index (χ1) is 8.56. The number of nitro groups is 1. The summed E-state index contributed by atoms with van der Waals surface area (Å²) in [5.74, 6) is -0.122. The van der Waals surface area contributed by atoms with E-state index < -0.39 is 4.92 Å². The van der Waals surface area contributed by atoms with Crippen LogP contribution in [-0.2, 0) is 11.3 Å². The third-order valence-corrected chi connectivity index (χ3v) is 2.63. The first-order valence-electron chi connectivity index (χ1n) is 5.76. The maximum atomic E-state index is 11.4. The van der Waals surface area contributed by atoms with Crippen LogP contribution in [0, 0.1) is 17.0 Å². The van der Waals surface area contributed by atoms with E-state index in [4.69, 9.17) is 0 Å². The number of likely N-dealkylation sites (N-methyl/N-ethyl adjacent to an activating group) is 1. The van der Waals surface area contributed by atoms with E-state index in [1.165, 1.54) is 6.07 Å². The molecule has 0 radical (unpaired) electrons. The fourth-order valence-electron chi connectivity index (χ4n) is 1.55. The van der Waals surface area contributed by atoms with Gasteiger partial charge in [-0.1, -0.05) is 19.1 Å². The van der Waals surface area contributed by atoms with Gasteiger partial charge in [-0.05, 0) is 19.0 Å². The van der Waals surface area contributed by atoms with Gasteiger partial charge in [-0.3, -0.25) is 14.9 Å². The molecule has 6 nitrogen and oxygen atoms in total. The molecule has 98 valence electrons. The number of carbonyl (C=O) groups is 1. The molecule has 0 fully saturated rings. The SMILES string of the molecule is CCNCC(=O)NCc1cccc([N+](=O)[O-])c1C. The highest BCUT2D eigenvalue weighted by Gasteiger charge is 2.13. The second-order valence-corrected chi connectivity index (χ2v) is 3.88. The minimum Gasteiger partial charge on any atom is -0.351 e. The Morgan fingerprint density at radius 2 is 2.17 bits per heavy atom. The standard InChI is InChI=1S/C12H17N3O3/c1-3-13-8-12(16)14-7-10-5-4-6-11(9(10)2)15(17)18/h4-6,13H,3,7-8H2,1-2H3,(H,14,16). The van der Waals surface area contributed by atoms with Gasteiger partial charge in [0.05, 0.1) is 11.5 Å². The summed E-state index contributed by atoms with van der Waals surface area (Å²) in [5.41, 5.74) is 1.42. The molecule has 1 aromatic rings. The average molecular weight is 251 g/mol. The van der Waals surface area contributed by atoms with Crippen molar-refractivity contribution in [3.05, 3.63) is 39.4 Å². The summed E-state index contributed by atoms with van der Waals surface area (Å²) in [6.45, 7) is 4.88. The number of hydrogen-bond acceptors (Lipinski definition) is 4. The van der Waals surface area contributed by atoms with Gasteiger partial charge in [-0.25, -0.2) is 0 Å². The number of nitrogens with zero attached hydrogens (tertiary/aromatic N) is 1. The van der Waals surface area contributed by atoms with Gasteiger partial charge in [0.15, 0.2) is 0 Å². The lowest BCUT2D eigenvalue weighted by molar-refractivity contribution is -0.385. The number of nitrogens with one attached hydrogen (secondary N) is 2. The highest BCUT2D eigenvalue weighted by atomic mass is 16.6. The zero-order chi connectivity index (χ0) is 13.5. The second-order valence-electron chi connectivity index (χ2n) is 3.88. The van der Waals surface area contributed by atoms with Crippen molar-refractivity contribution < 1.29 is 9.72 Å². The van der Waals surface area contributed by atoms with Crippen molar-refractivity contribution in [2.45, 2.75) is 20.4 Å². The fourth-order valence-corrected chi connectivity index (χ4v) is 1.55. The molecule has 0 aromatic heterocycles. The first-order valence-corrected chi connectivity index (χ1v) is 5.76. The molecule has 0 unspecified atom stereocenters. The summed E-state index contributed by atoms with van der Waals surface area (Å²) in [5, 5.41) is 16.4. The third kappa shape index (κ3) is 3.81. The van der Waals surface area contributed by atoms with E-state index in [1.807, 2.05) is 6.92 Å². The highest BCUT2D eigenvalue weighted by molar-refractivity contribution is 5.78. The molecule has 0 saturated carbocycles. The molecule has 0 saturated heterocycles. The van der Waals surface area contributed by atoms with Crippen LogP contribution in [0.1, 0.15) is 18.1 Å². The molecular weight excluding hydrogens is 234 g/mol. The Balaban J connectivity index is 2.65. The molecule has 1 rings (SSSR count). The number of nitro benzene ring substituents is 1. The summed E-state index contributed by atoms with van der Waals surface area (Å²) in [7, 11) is 0. The normalized spacial score (nSPS) is 10.1. The summed E-state index contributed by atoms with van der Waals surface area (Å²) >= 11 is 0. The molecule has 18 heavy (non-hydrogen) atoms. The summed E-state index contributed by atoms with van der Waals surface area (Å²) in [6, 6.07) is 4.85. The Morgan fingerprint density at radius 3 is 2.78 bits per heavy atom. The fraction of sp³-hybridized carbons (Fsp3) is 0.417. The topological polar surface area (TPSA) is 84.3 Å². The minimum atomic E-state index is -0.417. The molecule has 1 amide bonds. The van der Waals surface area contributed by atoms with Crippen molar-refractivity contribution in [3.8, 4) is 0 Å². The lowest BCUT2D eigenvalue weighted by atomic mass is 10.1. The largest absolute Gasteiger partial charge is 0.351 e. The third-order valence-electron chi connectivity index (χ3n) is 2.63. The Bertz CT molecular complexity index is 446. The Labute approximate surface area is 106 Å². The summed E-state index contributed by atoms with van der Waals surface area (Å²) in [6.07, 6.45) is 0. The van der Waals surface area contributed by atoms with Gasteiger partial charge < -0.3 is 10.6 Å². The smallest absolute Gasteiger partial charge is 0.272 e. The van der Waals surface area contributed by atoms with Crippen LogP contribution in [0.15, 0.2) is 18.2 Å². The van der Waals surface area contributed by atoms with Crippen LogP contribution in [0.25, 0.3) is 0 Å². The number of carbonyl (C=O) groups excluding carboxylic acids is 1. The van der Waals surface area contributed by atoms with Gasteiger partial charge >= 0.3 is 0 Å². The lowest BCUT2D eigenvalue weighted by Gasteiger charge is -2.08. The van der Waals surface area contributed by atoms with E-state index >= 15 is 0 Å². The van der Waals surface area contributed by atoms with Crippen molar-refractivity contribution in [2.24, 2.45) is 0 Å². The quantitative estimate of drug-likeness (QED) is 0.586. The van der Waals surface area contributed by atoms with Gasteiger partial charge in [-0.15, -0.1) is 0 Å². The molecule has 6 heteroatoms. The predicted octanol–water partition coefficient (Wildman–Crippen LogP) is 1.13. The number of amides is 1. The van der Waals surface area contributed by atoms with E-state index in [9.17, 15) is 14.9 Å². The molecule has 0 aliphatic carbocycles. The van der Waals surface area contributed by atoms with E-state index in [-0.39, 0.29) is 18.1 Å². The van der Waals surface area contributed by atoms with Gasteiger partial charge in [0.2, 0.25) is 5.91 Å². The number of rotatable bonds is 6. The molecule has 0 spiro atoms. The molecule has 0 aliphatic rings. The van der Waals surface area contributed by atoms with E-state index in [0.29, 0.717) is 12.1 Å². The average Bonchev–Trinajstić information content (AvgIpc) is 2.34. The Morgan fingerprint density at radius 1 is 1.44 bits per heavy atom. The summed E-state index contributed by atoms with van der Waals surface area (Å²) < 4.78 is 0. The van der Waals surface area contributed by atoms with Gasteiger partial charge in [0.25, 0.3) is 5.69 Å². The zero-order valence-corrected chi connectivity index (χ0v) is 10.5. The maximum absolute atomic E-state index is 11.4. The zero-order valence-electron chi connectivity index (χ0n) is 10.5. The maximum Gasteiger partial charge on any atom is 0.272 e. The Kier molecular flexibility index (Phi) is 5.26. The van der Waals surface area contributed by atoms with Crippen molar-refractivity contribution in [3.63, 3.8) is 0 Å². The van der Waals surface area contributed by atoms with E-state index in [2.05, 4.69) is 10.6 Å². The molecule has 0 bridgehead atoms. The minimum absolute atomic E-state index is 0.0773. The van der Waals surface area contributed by atoms with Crippen molar-refractivity contribution in [1.29, 1.82) is 0 Å². The van der Waals surface area contributed by atoms with Crippen molar-refractivity contribution in [1.82, 2.24) is 10.6 Å². The number of hydrogen-bond donors (Lipinski definition) is 2. The molecular formula is C12H17N3O3. The second kappa shape index (κ2) is 6.70. The van der Waals surface area contributed by atoms with Crippen LogP contribution < -0.4 is 10.6 Å². The number of benzene rings is 1. The van der Waals surface area contributed by atoms with Crippen LogP contribution in [-0.4, -0.2) is 23.9 Å². The molecule has 2 N–H and O–H groups in total. The van der Waals surface area contributed by atoms with Gasteiger partial charge in [0, 0.05) is 18.2 Å². The van der Waals surface area contributed by atoms with Crippen LogP contribution in [0.2, 0.25) is 0 Å². The molecule has 0 heterocycles. The van der Waals surface area contributed by atoms with Crippen molar-refractivity contribution >= 4 is 11.6 Å².